The van der Waals surface area contributed by atoms with E-state index in [4.69, 9.17) is 5.73 Å². The number of benzene rings is 3. The maximum absolute atomic E-state index is 13.3. The Morgan fingerprint density at radius 1 is 0.897 bits per heavy atom. The van der Waals surface area contributed by atoms with Crippen molar-refractivity contribution in [3.8, 4) is 0 Å². The molecule has 0 bridgehead atoms. The lowest BCUT2D eigenvalue weighted by Gasteiger charge is -2.27. The summed E-state index contributed by atoms with van der Waals surface area (Å²) in [5.74, 6) is -1.25. The first-order chi connectivity index (χ1) is 14.1. The van der Waals surface area contributed by atoms with E-state index in [-0.39, 0.29) is 11.5 Å². The van der Waals surface area contributed by atoms with Crippen LogP contribution in [0.3, 0.4) is 0 Å². The Morgan fingerprint density at radius 3 is 2.28 bits per heavy atom. The molecule has 0 saturated carbocycles. The number of fused-ring (bicyclic) bond motifs is 1. The summed E-state index contributed by atoms with van der Waals surface area (Å²) in [4.78, 5) is 39.6. The van der Waals surface area contributed by atoms with Crippen molar-refractivity contribution in [3.63, 3.8) is 0 Å². The van der Waals surface area contributed by atoms with Crippen LogP contribution in [0, 0.1) is 0 Å². The van der Waals surface area contributed by atoms with Gasteiger partial charge in [0.15, 0.2) is 0 Å². The molecule has 3 aromatic carbocycles. The van der Waals surface area contributed by atoms with Gasteiger partial charge in [0.05, 0.1) is 11.3 Å². The number of para-hydroxylation sites is 1. The average molecular weight is 385 g/mol. The van der Waals surface area contributed by atoms with E-state index in [1.165, 1.54) is 0 Å². The van der Waals surface area contributed by atoms with Crippen molar-refractivity contribution in [2.75, 3.05) is 5.32 Å². The summed E-state index contributed by atoms with van der Waals surface area (Å²) in [5.41, 5.74) is 8.11. The summed E-state index contributed by atoms with van der Waals surface area (Å²) >= 11 is 0. The topological polar surface area (TPSA) is 92.5 Å². The number of carbonyl (C=O) groups is 3. The number of hydrogen-bond acceptors (Lipinski definition) is 3. The van der Waals surface area contributed by atoms with Crippen LogP contribution in [0.1, 0.15) is 37.9 Å². The molecule has 144 valence electrons. The number of nitrogens with two attached hydrogens (primary N) is 1. The Hall–Kier alpha value is -3.93. The molecule has 3 N–H and O–H groups in total. The van der Waals surface area contributed by atoms with Gasteiger partial charge >= 0.3 is 0 Å². The van der Waals surface area contributed by atoms with Gasteiger partial charge in [0.25, 0.3) is 17.7 Å². The van der Waals surface area contributed by atoms with Gasteiger partial charge in [-0.15, -0.1) is 0 Å². The van der Waals surface area contributed by atoms with Gasteiger partial charge in [-0.3, -0.25) is 14.4 Å². The Labute approximate surface area is 167 Å². The van der Waals surface area contributed by atoms with Crippen molar-refractivity contribution in [2.24, 2.45) is 5.73 Å². The highest BCUT2D eigenvalue weighted by molar-refractivity contribution is 6.07. The standard InChI is InChI=1S/C23H19N3O3/c24-21(27)18-12-6-7-13-19(18)25-22(28)20(15-8-2-1-3-9-15)26-14-16-10-4-5-11-17(16)23(26)29/h1-13,20H,14H2,(H2,24,27)(H,25,28)/t20-/m0/s1. The average Bonchev–Trinajstić information content (AvgIpc) is 3.06. The third-order valence-corrected chi connectivity index (χ3v) is 4.98. The number of nitrogens with zero attached hydrogens (tertiary/aromatic N) is 1. The molecule has 0 unspecified atom stereocenters. The van der Waals surface area contributed by atoms with Crippen LogP contribution in [0.15, 0.2) is 78.9 Å². The van der Waals surface area contributed by atoms with Crippen LogP contribution < -0.4 is 11.1 Å². The molecule has 6 heteroatoms. The highest BCUT2D eigenvalue weighted by Crippen LogP contribution is 2.32. The van der Waals surface area contributed by atoms with Crippen molar-refractivity contribution < 1.29 is 14.4 Å². The van der Waals surface area contributed by atoms with Crippen molar-refractivity contribution in [1.82, 2.24) is 4.90 Å². The second kappa shape index (κ2) is 7.59. The first-order valence-electron chi connectivity index (χ1n) is 9.20. The van der Waals surface area contributed by atoms with E-state index in [0.717, 1.165) is 5.56 Å². The lowest BCUT2D eigenvalue weighted by atomic mass is 10.0. The SMILES string of the molecule is NC(=O)c1ccccc1NC(=O)[C@H](c1ccccc1)N1Cc2ccccc2C1=O. The molecule has 0 radical (unpaired) electrons. The zero-order valence-electron chi connectivity index (χ0n) is 15.5. The lowest BCUT2D eigenvalue weighted by Crippen LogP contribution is -2.37. The van der Waals surface area contributed by atoms with Crippen molar-refractivity contribution in [2.45, 2.75) is 12.6 Å². The van der Waals surface area contributed by atoms with Gasteiger partial charge in [-0.2, -0.15) is 0 Å². The van der Waals surface area contributed by atoms with Crippen LogP contribution in [0.25, 0.3) is 0 Å². The predicted octanol–water partition coefficient (Wildman–Crippen LogP) is 3.12. The molecule has 3 amide bonds. The molecule has 0 saturated heterocycles. The second-order valence-electron chi connectivity index (χ2n) is 6.80. The number of primary amides is 1. The van der Waals surface area contributed by atoms with E-state index in [0.29, 0.717) is 23.4 Å². The quantitative estimate of drug-likeness (QED) is 0.707. The van der Waals surface area contributed by atoms with E-state index in [9.17, 15) is 14.4 Å². The zero-order valence-corrected chi connectivity index (χ0v) is 15.5. The monoisotopic (exact) mass is 385 g/mol. The highest BCUT2D eigenvalue weighted by Gasteiger charge is 2.37. The highest BCUT2D eigenvalue weighted by atomic mass is 16.2. The number of carbonyl (C=O) groups excluding carboxylic acids is 3. The zero-order chi connectivity index (χ0) is 20.4. The van der Waals surface area contributed by atoms with Crippen molar-refractivity contribution in [3.05, 3.63) is 101 Å². The van der Waals surface area contributed by atoms with Crippen LogP contribution in [-0.2, 0) is 11.3 Å². The molecule has 0 fully saturated rings. The van der Waals surface area contributed by atoms with Gasteiger partial charge in [0.2, 0.25) is 0 Å². The number of nitrogens with one attached hydrogen (secondary N) is 1. The molecule has 1 aliphatic heterocycles. The number of anilines is 1. The van der Waals surface area contributed by atoms with Crippen LogP contribution >= 0.6 is 0 Å². The van der Waals surface area contributed by atoms with Gasteiger partial charge in [-0.05, 0) is 29.3 Å². The first-order valence-corrected chi connectivity index (χ1v) is 9.20. The fourth-order valence-electron chi connectivity index (χ4n) is 3.60. The minimum Gasteiger partial charge on any atom is -0.366 e. The minimum absolute atomic E-state index is 0.201. The third-order valence-electron chi connectivity index (χ3n) is 4.98. The maximum atomic E-state index is 13.3. The fraction of sp³-hybridized carbons (Fsp3) is 0.0870. The van der Waals surface area contributed by atoms with E-state index < -0.39 is 17.9 Å². The normalized spacial score (nSPS) is 13.7. The van der Waals surface area contributed by atoms with E-state index >= 15 is 0 Å². The molecule has 1 atom stereocenters. The smallest absolute Gasteiger partial charge is 0.255 e. The molecule has 29 heavy (non-hydrogen) atoms. The summed E-state index contributed by atoms with van der Waals surface area (Å²) in [5, 5.41) is 2.78. The summed E-state index contributed by atoms with van der Waals surface area (Å²) in [7, 11) is 0. The molecule has 0 aliphatic carbocycles. The van der Waals surface area contributed by atoms with Gasteiger partial charge in [-0.25, -0.2) is 0 Å². The Morgan fingerprint density at radius 2 is 1.55 bits per heavy atom. The van der Waals surface area contributed by atoms with E-state index in [1.54, 1.807) is 53.4 Å². The summed E-state index contributed by atoms with van der Waals surface area (Å²) in [6.45, 7) is 0.333. The first kappa shape index (κ1) is 18.4. The van der Waals surface area contributed by atoms with Crippen LogP contribution in [0.4, 0.5) is 5.69 Å². The number of rotatable bonds is 5. The Bertz CT molecular complexity index is 1100. The van der Waals surface area contributed by atoms with Gasteiger partial charge in [-0.1, -0.05) is 60.7 Å². The largest absolute Gasteiger partial charge is 0.366 e. The lowest BCUT2D eigenvalue weighted by molar-refractivity contribution is -0.120. The maximum Gasteiger partial charge on any atom is 0.255 e. The van der Waals surface area contributed by atoms with Crippen molar-refractivity contribution in [1.29, 1.82) is 0 Å². The van der Waals surface area contributed by atoms with Gasteiger partial charge < -0.3 is 16.0 Å². The molecule has 6 nitrogen and oxygen atoms in total. The number of hydrogen-bond donors (Lipinski definition) is 2. The third kappa shape index (κ3) is 3.48. The summed E-state index contributed by atoms with van der Waals surface area (Å²) in [6, 6.07) is 22.1. The Kier molecular flexibility index (Phi) is 4.83. The second-order valence-corrected chi connectivity index (χ2v) is 6.80. The molecular weight excluding hydrogens is 366 g/mol. The molecule has 3 aromatic rings. The number of amides is 3. The molecule has 1 aliphatic rings. The molecule has 1 heterocycles. The van der Waals surface area contributed by atoms with E-state index in [1.807, 2.05) is 30.3 Å². The molecule has 0 aromatic heterocycles. The fourth-order valence-corrected chi connectivity index (χ4v) is 3.60. The van der Waals surface area contributed by atoms with E-state index in [2.05, 4.69) is 5.32 Å². The van der Waals surface area contributed by atoms with Crippen LogP contribution in [0.2, 0.25) is 0 Å². The molecule has 4 rings (SSSR count). The molecular formula is C23H19N3O3. The Balaban J connectivity index is 1.71. The predicted molar refractivity (Wildman–Crippen MR) is 109 cm³/mol. The molecule has 0 spiro atoms. The summed E-state index contributed by atoms with van der Waals surface area (Å²) < 4.78 is 0. The van der Waals surface area contributed by atoms with Crippen LogP contribution in [-0.4, -0.2) is 22.6 Å². The van der Waals surface area contributed by atoms with Gasteiger partial charge in [0.1, 0.15) is 6.04 Å². The van der Waals surface area contributed by atoms with Crippen molar-refractivity contribution >= 4 is 23.4 Å². The summed E-state index contributed by atoms with van der Waals surface area (Å²) in [6.07, 6.45) is 0. The van der Waals surface area contributed by atoms with Crippen LogP contribution in [0.5, 0.6) is 0 Å². The van der Waals surface area contributed by atoms with Gasteiger partial charge in [0, 0.05) is 12.1 Å². The minimum atomic E-state index is -0.850.